The molecule has 1 rings (SSSR count). The van der Waals surface area contributed by atoms with Crippen LogP contribution in [0.5, 0.6) is 0 Å². The summed E-state index contributed by atoms with van der Waals surface area (Å²) in [5.41, 5.74) is 0. The van der Waals surface area contributed by atoms with Crippen LogP contribution in [0, 0.1) is 0 Å². The van der Waals surface area contributed by atoms with Crippen molar-refractivity contribution in [1.29, 1.82) is 0 Å². The highest BCUT2D eigenvalue weighted by molar-refractivity contribution is 5.82. The Morgan fingerprint density at radius 1 is 1.24 bits per heavy atom. The Bertz CT molecular complexity index is 539. The lowest BCUT2D eigenvalue weighted by atomic mass is 10.0. The largest absolute Gasteiger partial charge is 0.459 e. The van der Waals surface area contributed by atoms with Crippen LogP contribution < -0.4 is 0 Å². The number of hydrogen-bond donors (Lipinski definition) is 1. The standard InChI is InChI=1S/C17H24O8/c1-10(23-11(2)18)13(24-12(3)19)8-9-14(22-4)17(21)15-6-5-7-16(20)25-15/h5,7-10,13-15,17,21H,6H2,1-4H3/b9-8+/t10-,13+,14+,15+,17-/m1/s1. The van der Waals surface area contributed by atoms with Gasteiger partial charge in [-0.05, 0) is 13.0 Å². The summed E-state index contributed by atoms with van der Waals surface area (Å²) < 4.78 is 20.4. The first-order valence-electron chi connectivity index (χ1n) is 7.85. The molecule has 0 aromatic heterocycles. The molecule has 1 heterocycles. The van der Waals surface area contributed by atoms with Gasteiger partial charge in [0.1, 0.15) is 24.4 Å². The second-order valence-electron chi connectivity index (χ2n) is 5.58. The Morgan fingerprint density at radius 3 is 2.36 bits per heavy atom. The molecule has 0 aromatic rings. The molecule has 0 unspecified atom stereocenters. The Kier molecular flexibility index (Phi) is 8.30. The lowest BCUT2D eigenvalue weighted by Gasteiger charge is -2.28. The maximum Gasteiger partial charge on any atom is 0.330 e. The summed E-state index contributed by atoms with van der Waals surface area (Å²) in [6, 6.07) is 0. The van der Waals surface area contributed by atoms with Gasteiger partial charge in [0.25, 0.3) is 0 Å². The molecule has 140 valence electrons. The molecule has 0 fully saturated rings. The van der Waals surface area contributed by atoms with Gasteiger partial charge in [0.05, 0.1) is 0 Å². The molecule has 0 aliphatic carbocycles. The van der Waals surface area contributed by atoms with E-state index in [1.165, 1.54) is 39.2 Å². The number of methoxy groups -OCH3 is 1. The van der Waals surface area contributed by atoms with Crippen molar-refractivity contribution in [3.8, 4) is 0 Å². The van der Waals surface area contributed by atoms with Crippen molar-refractivity contribution in [1.82, 2.24) is 0 Å². The first-order chi connectivity index (χ1) is 11.7. The fourth-order valence-electron chi connectivity index (χ4n) is 2.32. The lowest BCUT2D eigenvalue weighted by molar-refractivity contribution is -0.160. The van der Waals surface area contributed by atoms with Gasteiger partial charge in [0, 0.05) is 33.5 Å². The van der Waals surface area contributed by atoms with Gasteiger partial charge in [-0.3, -0.25) is 9.59 Å². The summed E-state index contributed by atoms with van der Waals surface area (Å²) in [4.78, 5) is 33.6. The van der Waals surface area contributed by atoms with Gasteiger partial charge < -0.3 is 24.1 Å². The van der Waals surface area contributed by atoms with Crippen LogP contribution in [0.1, 0.15) is 27.2 Å². The van der Waals surface area contributed by atoms with E-state index in [2.05, 4.69) is 0 Å². The molecule has 25 heavy (non-hydrogen) atoms. The summed E-state index contributed by atoms with van der Waals surface area (Å²) in [6.45, 7) is 4.06. The van der Waals surface area contributed by atoms with Gasteiger partial charge in [-0.15, -0.1) is 0 Å². The van der Waals surface area contributed by atoms with E-state index >= 15 is 0 Å². The fraction of sp³-hybridized carbons (Fsp3) is 0.588. The molecular weight excluding hydrogens is 332 g/mol. The van der Waals surface area contributed by atoms with Crippen molar-refractivity contribution in [2.24, 2.45) is 0 Å². The Morgan fingerprint density at radius 2 is 1.84 bits per heavy atom. The second-order valence-corrected chi connectivity index (χ2v) is 5.58. The van der Waals surface area contributed by atoms with Crippen LogP contribution in [0.4, 0.5) is 0 Å². The maximum atomic E-state index is 11.3. The van der Waals surface area contributed by atoms with Gasteiger partial charge in [-0.2, -0.15) is 0 Å². The number of carbonyl (C=O) groups is 3. The number of carbonyl (C=O) groups excluding carboxylic acids is 3. The Balaban J connectivity index is 2.82. The Hall–Kier alpha value is -2.19. The smallest absolute Gasteiger partial charge is 0.330 e. The molecule has 0 amide bonds. The highest BCUT2D eigenvalue weighted by Crippen LogP contribution is 2.17. The van der Waals surface area contributed by atoms with Crippen molar-refractivity contribution >= 4 is 17.9 Å². The molecule has 0 radical (unpaired) electrons. The van der Waals surface area contributed by atoms with Crippen LogP contribution in [-0.2, 0) is 33.3 Å². The fourth-order valence-corrected chi connectivity index (χ4v) is 2.32. The number of rotatable bonds is 8. The molecule has 1 N–H and O–H groups in total. The topological polar surface area (TPSA) is 108 Å². The van der Waals surface area contributed by atoms with Crippen LogP contribution in [0.2, 0.25) is 0 Å². The summed E-state index contributed by atoms with van der Waals surface area (Å²) in [6.07, 6.45) is 1.96. The monoisotopic (exact) mass is 356 g/mol. The Labute approximate surface area is 146 Å². The van der Waals surface area contributed by atoms with Gasteiger partial charge >= 0.3 is 17.9 Å². The van der Waals surface area contributed by atoms with Crippen molar-refractivity contribution in [2.45, 2.75) is 57.7 Å². The summed E-state index contributed by atoms with van der Waals surface area (Å²) in [5, 5.41) is 10.3. The first kappa shape index (κ1) is 20.9. The molecule has 1 aliphatic rings. The molecule has 5 atom stereocenters. The zero-order valence-corrected chi connectivity index (χ0v) is 14.7. The molecule has 0 aromatic carbocycles. The van der Waals surface area contributed by atoms with Crippen LogP contribution >= 0.6 is 0 Å². The summed E-state index contributed by atoms with van der Waals surface area (Å²) in [5.74, 6) is -1.59. The third-order valence-corrected chi connectivity index (χ3v) is 3.49. The maximum absolute atomic E-state index is 11.3. The van der Waals surface area contributed by atoms with E-state index in [0.29, 0.717) is 6.42 Å². The third-order valence-electron chi connectivity index (χ3n) is 3.49. The zero-order chi connectivity index (χ0) is 19.0. The normalized spacial score (nSPS) is 22.0. The minimum Gasteiger partial charge on any atom is -0.459 e. The van der Waals surface area contributed by atoms with Crippen LogP contribution in [-0.4, -0.2) is 60.6 Å². The molecular formula is C17H24O8. The molecule has 8 heteroatoms. The third kappa shape index (κ3) is 7.06. The van der Waals surface area contributed by atoms with E-state index in [1.54, 1.807) is 13.0 Å². The van der Waals surface area contributed by atoms with Crippen molar-refractivity contribution in [3.63, 3.8) is 0 Å². The molecule has 8 nitrogen and oxygen atoms in total. The van der Waals surface area contributed by atoms with E-state index < -0.39 is 48.4 Å². The molecule has 0 saturated carbocycles. The second kappa shape index (κ2) is 9.95. The van der Waals surface area contributed by atoms with E-state index in [-0.39, 0.29) is 0 Å². The average Bonchev–Trinajstić information content (AvgIpc) is 2.53. The predicted molar refractivity (Wildman–Crippen MR) is 86.4 cm³/mol. The predicted octanol–water partition coefficient (Wildman–Crippen LogP) is 0.673. The highest BCUT2D eigenvalue weighted by atomic mass is 16.6. The first-order valence-corrected chi connectivity index (χ1v) is 7.85. The summed E-state index contributed by atoms with van der Waals surface area (Å²) in [7, 11) is 1.38. The number of ether oxygens (including phenoxy) is 4. The van der Waals surface area contributed by atoms with E-state index in [1.807, 2.05) is 0 Å². The van der Waals surface area contributed by atoms with Gasteiger partial charge in [0.15, 0.2) is 6.10 Å². The number of esters is 3. The number of hydrogen-bond acceptors (Lipinski definition) is 8. The molecule has 0 bridgehead atoms. The number of aliphatic hydroxyl groups excluding tert-OH is 1. The van der Waals surface area contributed by atoms with Crippen molar-refractivity contribution in [2.75, 3.05) is 7.11 Å². The van der Waals surface area contributed by atoms with Gasteiger partial charge in [-0.25, -0.2) is 4.79 Å². The minimum atomic E-state index is -1.11. The van der Waals surface area contributed by atoms with Crippen LogP contribution in [0.25, 0.3) is 0 Å². The average molecular weight is 356 g/mol. The SMILES string of the molecule is CO[C@@H](/C=C/[C@H](OC(C)=O)[C@@H](C)OC(C)=O)[C@@H](O)[C@@H]1CC=CC(=O)O1. The summed E-state index contributed by atoms with van der Waals surface area (Å²) >= 11 is 0. The molecule has 0 spiro atoms. The number of aliphatic hydroxyl groups is 1. The van der Waals surface area contributed by atoms with E-state index in [0.717, 1.165) is 0 Å². The highest BCUT2D eigenvalue weighted by Gasteiger charge is 2.30. The lowest BCUT2D eigenvalue weighted by Crippen LogP contribution is -2.41. The molecule has 0 saturated heterocycles. The zero-order valence-electron chi connectivity index (χ0n) is 14.7. The van der Waals surface area contributed by atoms with Gasteiger partial charge in [0.2, 0.25) is 0 Å². The van der Waals surface area contributed by atoms with E-state index in [4.69, 9.17) is 18.9 Å². The van der Waals surface area contributed by atoms with Gasteiger partial charge in [-0.1, -0.05) is 12.2 Å². The van der Waals surface area contributed by atoms with E-state index in [9.17, 15) is 19.5 Å². The minimum absolute atomic E-state index is 0.359. The van der Waals surface area contributed by atoms with Crippen molar-refractivity contribution in [3.05, 3.63) is 24.3 Å². The number of cyclic esters (lactones) is 1. The van der Waals surface area contributed by atoms with Crippen LogP contribution in [0.3, 0.4) is 0 Å². The molecule has 1 aliphatic heterocycles. The van der Waals surface area contributed by atoms with Crippen molar-refractivity contribution < 1.29 is 38.4 Å². The quantitative estimate of drug-likeness (QED) is 0.384. The van der Waals surface area contributed by atoms with Crippen LogP contribution in [0.15, 0.2) is 24.3 Å².